The van der Waals surface area contributed by atoms with E-state index in [0.717, 1.165) is 39.1 Å². The van der Waals surface area contributed by atoms with Crippen molar-refractivity contribution in [2.45, 2.75) is 18.9 Å². The molecule has 36 heavy (non-hydrogen) atoms. The summed E-state index contributed by atoms with van der Waals surface area (Å²) in [6.07, 6.45) is 4.42. The maximum Gasteiger partial charge on any atom is 0.265 e. The number of aromatic nitrogens is 1. The quantitative estimate of drug-likeness (QED) is 0.502. The number of aliphatic imine (C=N–C) groups is 1. The number of hydrogen-bond acceptors (Lipinski definition) is 5. The maximum atomic E-state index is 14.2. The Kier molecular flexibility index (Phi) is 6.78. The lowest BCUT2D eigenvalue weighted by Crippen LogP contribution is -2.47. The minimum atomic E-state index is -1.42. The van der Waals surface area contributed by atoms with Gasteiger partial charge in [-0.2, -0.15) is 0 Å². The molecular formula is C28H29F2N5O. The van der Waals surface area contributed by atoms with Crippen molar-refractivity contribution in [3.8, 4) is 0 Å². The molecule has 0 N–H and O–H groups in total. The van der Waals surface area contributed by atoms with Crippen LogP contribution >= 0.6 is 0 Å². The number of carbonyl (C=O) groups is 1. The molecule has 1 saturated heterocycles. The van der Waals surface area contributed by atoms with E-state index in [1.165, 1.54) is 30.0 Å². The Morgan fingerprint density at radius 1 is 0.861 bits per heavy atom. The summed E-state index contributed by atoms with van der Waals surface area (Å²) < 4.78 is 27.9. The highest BCUT2D eigenvalue weighted by atomic mass is 19.1. The van der Waals surface area contributed by atoms with E-state index in [-0.39, 0.29) is 5.91 Å². The number of amidine groups is 1. The van der Waals surface area contributed by atoms with E-state index in [9.17, 15) is 13.6 Å². The molecule has 2 aliphatic heterocycles. The Morgan fingerprint density at radius 3 is 2.28 bits per heavy atom. The molecule has 3 heterocycles. The van der Waals surface area contributed by atoms with E-state index in [0.29, 0.717) is 23.5 Å². The molecule has 0 spiro atoms. The second-order valence-electron chi connectivity index (χ2n) is 9.23. The highest BCUT2D eigenvalue weighted by Gasteiger charge is 2.50. The first-order valence-electron chi connectivity index (χ1n) is 12.3. The number of benzene rings is 2. The SMILES string of the molecule is CC1=NC(c2ccc(F)cc2)(c2cccc(F)c2)C(=O)N1CCCN1CCN(c2ccncc2)CC1. The van der Waals surface area contributed by atoms with Crippen molar-refractivity contribution in [3.63, 3.8) is 0 Å². The normalized spacial score (nSPS) is 20.6. The number of anilines is 1. The topological polar surface area (TPSA) is 52.0 Å². The third-order valence-corrected chi connectivity index (χ3v) is 7.04. The molecule has 0 aliphatic carbocycles. The minimum Gasteiger partial charge on any atom is -0.369 e. The molecule has 0 radical (unpaired) electrons. The van der Waals surface area contributed by atoms with Crippen molar-refractivity contribution in [2.75, 3.05) is 44.2 Å². The van der Waals surface area contributed by atoms with Crippen LogP contribution in [0.3, 0.4) is 0 Å². The summed E-state index contributed by atoms with van der Waals surface area (Å²) in [5.41, 5.74) is 0.728. The lowest BCUT2D eigenvalue weighted by Gasteiger charge is -2.36. The maximum absolute atomic E-state index is 14.2. The van der Waals surface area contributed by atoms with Gasteiger partial charge in [-0.15, -0.1) is 0 Å². The summed E-state index contributed by atoms with van der Waals surface area (Å²) in [7, 11) is 0. The van der Waals surface area contributed by atoms with Gasteiger partial charge in [-0.1, -0.05) is 24.3 Å². The highest BCUT2D eigenvalue weighted by molar-refractivity contribution is 6.09. The number of nitrogens with zero attached hydrogens (tertiary/aromatic N) is 5. The van der Waals surface area contributed by atoms with E-state index in [1.54, 1.807) is 36.1 Å². The molecule has 1 unspecified atom stereocenters. The Bertz CT molecular complexity index is 1240. The lowest BCUT2D eigenvalue weighted by molar-refractivity contribution is -0.130. The Hall–Kier alpha value is -3.65. The number of halogens is 2. The highest BCUT2D eigenvalue weighted by Crippen LogP contribution is 2.40. The molecule has 2 aliphatic rings. The molecule has 1 atom stereocenters. The number of pyridine rings is 1. The van der Waals surface area contributed by atoms with Gasteiger partial charge in [-0.25, -0.2) is 13.8 Å². The summed E-state index contributed by atoms with van der Waals surface area (Å²) >= 11 is 0. The van der Waals surface area contributed by atoms with E-state index in [2.05, 4.69) is 14.8 Å². The summed E-state index contributed by atoms with van der Waals surface area (Å²) in [6, 6.07) is 15.7. The van der Waals surface area contributed by atoms with Crippen molar-refractivity contribution >= 4 is 17.4 Å². The van der Waals surface area contributed by atoms with Crippen LogP contribution in [0.2, 0.25) is 0 Å². The average molecular weight is 490 g/mol. The zero-order valence-corrected chi connectivity index (χ0v) is 20.3. The standard InChI is InChI=1S/C28H29F2N5O/c1-21-32-28(22-6-8-24(29)9-7-22,23-4-2-5-25(30)20-23)27(36)35(21)15-3-14-33-16-18-34(19-17-33)26-10-12-31-13-11-26/h2,4-13,20H,3,14-19H2,1H3. The molecule has 1 fully saturated rings. The Morgan fingerprint density at radius 2 is 1.58 bits per heavy atom. The van der Waals surface area contributed by atoms with Gasteiger partial charge in [0.2, 0.25) is 0 Å². The van der Waals surface area contributed by atoms with Crippen LogP contribution in [0.15, 0.2) is 78.0 Å². The number of amides is 1. The minimum absolute atomic E-state index is 0.236. The van der Waals surface area contributed by atoms with Gasteiger partial charge in [0.05, 0.1) is 0 Å². The van der Waals surface area contributed by atoms with Crippen molar-refractivity contribution < 1.29 is 13.6 Å². The molecule has 1 aromatic heterocycles. The fraction of sp³-hybridized carbons (Fsp3) is 0.321. The van der Waals surface area contributed by atoms with Gasteiger partial charge in [0.25, 0.3) is 5.91 Å². The van der Waals surface area contributed by atoms with Crippen molar-refractivity contribution in [2.24, 2.45) is 4.99 Å². The van der Waals surface area contributed by atoms with Crippen molar-refractivity contribution in [1.82, 2.24) is 14.8 Å². The summed E-state index contributed by atoms with van der Waals surface area (Å²) in [5, 5.41) is 0. The summed E-state index contributed by atoms with van der Waals surface area (Å²) in [5.74, 6) is -0.505. The molecule has 2 aromatic carbocycles. The fourth-order valence-electron chi connectivity index (χ4n) is 5.14. The van der Waals surface area contributed by atoms with E-state index < -0.39 is 17.2 Å². The van der Waals surface area contributed by atoms with Gasteiger partial charge in [-0.05, 0) is 67.4 Å². The van der Waals surface area contributed by atoms with Gasteiger partial charge in [0.1, 0.15) is 17.5 Å². The second-order valence-corrected chi connectivity index (χ2v) is 9.23. The third kappa shape index (κ3) is 4.60. The molecule has 5 rings (SSSR count). The lowest BCUT2D eigenvalue weighted by atomic mass is 9.82. The Balaban J connectivity index is 1.27. The average Bonchev–Trinajstić information content (AvgIpc) is 3.16. The predicted molar refractivity (Wildman–Crippen MR) is 136 cm³/mol. The molecule has 1 amide bonds. The Labute approximate surface area is 209 Å². The van der Waals surface area contributed by atoms with Crippen LogP contribution in [0, 0.1) is 11.6 Å². The van der Waals surface area contributed by atoms with E-state index >= 15 is 0 Å². The van der Waals surface area contributed by atoms with Gasteiger partial charge in [0.15, 0.2) is 5.54 Å². The zero-order chi connectivity index (χ0) is 25.1. The molecule has 186 valence electrons. The molecule has 0 bridgehead atoms. The molecular weight excluding hydrogens is 460 g/mol. The summed E-state index contributed by atoms with van der Waals surface area (Å²) in [6.45, 7) is 6.97. The van der Waals surface area contributed by atoms with E-state index in [4.69, 9.17) is 4.99 Å². The van der Waals surface area contributed by atoms with Crippen LogP contribution in [0.5, 0.6) is 0 Å². The number of piperazine rings is 1. The largest absolute Gasteiger partial charge is 0.369 e. The van der Waals surface area contributed by atoms with Crippen LogP contribution in [0.25, 0.3) is 0 Å². The van der Waals surface area contributed by atoms with Crippen LogP contribution < -0.4 is 4.90 Å². The van der Waals surface area contributed by atoms with Gasteiger partial charge < -0.3 is 4.90 Å². The fourth-order valence-corrected chi connectivity index (χ4v) is 5.14. The van der Waals surface area contributed by atoms with Gasteiger partial charge in [-0.3, -0.25) is 19.6 Å². The van der Waals surface area contributed by atoms with Crippen LogP contribution in [0.1, 0.15) is 24.5 Å². The smallest absolute Gasteiger partial charge is 0.265 e. The van der Waals surface area contributed by atoms with Crippen LogP contribution in [-0.2, 0) is 10.3 Å². The van der Waals surface area contributed by atoms with Crippen molar-refractivity contribution in [3.05, 3.63) is 95.8 Å². The predicted octanol–water partition coefficient (Wildman–Crippen LogP) is 4.08. The monoisotopic (exact) mass is 489 g/mol. The third-order valence-electron chi connectivity index (χ3n) is 7.04. The number of carbonyl (C=O) groups excluding carboxylic acids is 1. The molecule has 0 saturated carbocycles. The number of rotatable bonds is 7. The molecule has 8 heteroatoms. The first-order chi connectivity index (χ1) is 17.5. The van der Waals surface area contributed by atoms with Gasteiger partial charge in [0, 0.05) is 50.8 Å². The van der Waals surface area contributed by atoms with E-state index in [1.807, 2.05) is 24.5 Å². The first kappa shape index (κ1) is 24.1. The molecule has 6 nitrogen and oxygen atoms in total. The van der Waals surface area contributed by atoms with Crippen molar-refractivity contribution in [1.29, 1.82) is 0 Å². The summed E-state index contributed by atoms with van der Waals surface area (Å²) in [4.78, 5) is 29.2. The van der Waals surface area contributed by atoms with Gasteiger partial charge >= 0.3 is 0 Å². The van der Waals surface area contributed by atoms with Crippen LogP contribution in [0.4, 0.5) is 14.5 Å². The first-order valence-corrected chi connectivity index (χ1v) is 12.3. The number of hydrogen-bond donors (Lipinski definition) is 0. The van der Waals surface area contributed by atoms with Crippen LogP contribution in [-0.4, -0.2) is 65.8 Å². The molecule has 3 aromatic rings. The second kappa shape index (κ2) is 10.1. The zero-order valence-electron chi connectivity index (χ0n) is 20.3.